The van der Waals surface area contributed by atoms with Crippen LogP contribution in [0.3, 0.4) is 0 Å². The van der Waals surface area contributed by atoms with E-state index >= 15 is 0 Å². The number of anilines is 2. The lowest BCUT2D eigenvalue weighted by atomic mass is 10.2. The highest BCUT2D eigenvalue weighted by Crippen LogP contribution is 2.33. The number of hydrogen-bond acceptors (Lipinski definition) is 8. The SMILES string of the molecule is COc1ccc(N(CC(=O)N/N=C\c2ccc(OCC(=O)Nc3cccc(Cl)c3)cc2)S(=O)(=O)c2ccc(C)cc2)cc1OC. The zero-order valence-electron chi connectivity index (χ0n) is 24.7. The highest BCUT2D eigenvalue weighted by molar-refractivity contribution is 7.92. The summed E-state index contributed by atoms with van der Waals surface area (Å²) < 4.78 is 44.4. The molecule has 0 atom stereocenters. The van der Waals surface area contributed by atoms with Gasteiger partial charge in [0.05, 0.1) is 31.0 Å². The van der Waals surface area contributed by atoms with Crippen LogP contribution in [0.2, 0.25) is 5.02 Å². The van der Waals surface area contributed by atoms with Crippen molar-refractivity contribution in [1.29, 1.82) is 0 Å². The number of benzene rings is 4. The Hall–Kier alpha value is -5.07. The average molecular weight is 651 g/mol. The molecule has 4 rings (SSSR count). The van der Waals surface area contributed by atoms with Gasteiger partial charge in [0.25, 0.3) is 21.8 Å². The third-order valence-electron chi connectivity index (χ3n) is 6.31. The van der Waals surface area contributed by atoms with Crippen molar-refractivity contribution in [2.24, 2.45) is 5.10 Å². The lowest BCUT2D eigenvalue weighted by molar-refractivity contribution is -0.119. The average Bonchev–Trinajstić information content (AvgIpc) is 3.03. The first-order chi connectivity index (χ1) is 21.6. The maximum absolute atomic E-state index is 13.7. The van der Waals surface area contributed by atoms with Crippen LogP contribution >= 0.6 is 11.6 Å². The first kappa shape index (κ1) is 32.8. The molecule has 0 heterocycles. The fourth-order valence-corrected chi connectivity index (χ4v) is 5.64. The molecule has 0 saturated carbocycles. The topological polar surface area (TPSA) is 136 Å². The number of nitrogens with zero attached hydrogens (tertiary/aromatic N) is 2. The van der Waals surface area contributed by atoms with Crippen molar-refractivity contribution in [2.45, 2.75) is 11.8 Å². The Morgan fingerprint density at radius 3 is 2.27 bits per heavy atom. The maximum Gasteiger partial charge on any atom is 0.264 e. The van der Waals surface area contributed by atoms with Crippen molar-refractivity contribution in [3.63, 3.8) is 0 Å². The van der Waals surface area contributed by atoms with E-state index in [1.807, 2.05) is 6.92 Å². The molecule has 0 unspecified atom stereocenters. The van der Waals surface area contributed by atoms with Gasteiger partial charge in [-0.25, -0.2) is 13.8 Å². The third-order valence-corrected chi connectivity index (χ3v) is 8.34. The molecule has 0 aromatic heterocycles. The summed E-state index contributed by atoms with van der Waals surface area (Å²) in [5.41, 5.74) is 4.64. The number of carbonyl (C=O) groups is 2. The van der Waals surface area contributed by atoms with Gasteiger partial charge in [-0.3, -0.25) is 13.9 Å². The minimum Gasteiger partial charge on any atom is -0.493 e. The molecule has 13 heteroatoms. The predicted octanol–water partition coefficient (Wildman–Crippen LogP) is 5.03. The summed E-state index contributed by atoms with van der Waals surface area (Å²) in [5.74, 6) is 0.121. The summed E-state index contributed by atoms with van der Waals surface area (Å²) >= 11 is 5.93. The van der Waals surface area contributed by atoms with Crippen LogP contribution in [0.5, 0.6) is 17.2 Å². The van der Waals surface area contributed by atoms with E-state index in [1.165, 1.54) is 44.7 Å². The van der Waals surface area contributed by atoms with Gasteiger partial charge in [-0.2, -0.15) is 5.10 Å². The van der Waals surface area contributed by atoms with Crippen molar-refractivity contribution < 1.29 is 32.2 Å². The summed E-state index contributed by atoms with van der Waals surface area (Å²) in [4.78, 5) is 25.1. The van der Waals surface area contributed by atoms with Crippen LogP contribution in [0.25, 0.3) is 0 Å². The van der Waals surface area contributed by atoms with E-state index in [-0.39, 0.29) is 23.1 Å². The molecule has 0 aliphatic carbocycles. The third kappa shape index (κ3) is 8.97. The summed E-state index contributed by atoms with van der Waals surface area (Å²) in [6.07, 6.45) is 1.39. The molecular formula is C32H31ClN4O7S. The molecule has 2 amide bonds. The molecule has 2 N–H and O–H groups in total. The number of halogens is 1. The highest BCUT2D eigenvalue weighted by atomic mass is 35.5. The fourth-order valence-electron chi connectivity index (χ4n) is 4.04. The number of nitrogens with one attached hydrogen (secondary N) is 2. The molecule has 11 nitrogen and oxygen atoms in total. The van der Waals surface area contributed by atoms with Gasteiger partial charge >= 0.3 is 0 Å². The fraction of sp³-hybridized carbons (Fsp3) is 0.156. The summed E-state index contributed by atoms with van der Waals surface area (Å²) in [6, 6.07) is 24.3. The maximum atomic E-state index is 13.7. The van der Waals surface area contributed by atoms with Crippen molar-refractivity contribution >= 4 is 51.0 Å². The lowest BCUT2D eigenvalue weighted by Crippen LogP contribution is -2.39. The number of amides is 2. The van der Waals surface area contributed by atoms with Gasteiger partial charge in [0.2, 0.25) is 0 Å². The number of sulfonamides is 1. The zero-order valence-corrected chi connectivity index (χ0v) is 26.3. The van der Waals surface area contributed by atoms with Crippen LogP contribution in [0.4, 0.5) is 11.4 Å². The Balaban J connectivity index is 1.40. The van der Waals surface area contributed by atoms with Crippen LogP contribution in [0.1, 0.15) is 11.1 Å². The lowest BCUT2D eigenvalue weighted by Gasteiger charge is -2.24. The van der Waals surface area contributed by atoms with E-state index in [9.17, 15) is 18.0 Å². The van der Waals surface area contributed by atoms with Crippen LogP contribution in [-0.4, -0.2) is 53.8 Å². The Bertz CT molecular complexity index is 1780. The van der Waals surface area contributed by atoms with Crippen LogP contribution in [-0.2, 0) is 19.6 Å². The molecule has 0 spiro atoms. The van der Waals surface area contributed by atoms with E-state index in [0.29, 0.717) is 33.5 Å². The number of hydrogen-bond donors (Lipinski definition) is 2. The Labute approximate surface area is 266 Å². The molecule has 234 valence electrons. The number of hydrazone groups is 1. The molecule has 4 aromatic rings. The first-order valence-corrected chi connectivity index (χ1v) is 15.3. The largest absolute Gasteiger partial charge is 0.493 e. The van der Waals surface area contributed by atoms with E-state index in [1.54, 1.807) is 66.7 Å². The molecule has 0 bridgehead atoms. The monoisotopic (exact) mass is 650 g/mol. The Kier molecular flexibility index (Phi) is 11.0. The van der Waals surface area contributed by atoms with Crippen molar-refractivity contribution in [2.75, 3.05) is 37.0 Å². The van der Waals surface area contributed by atoms with Gasteiger partial charge in [0.15, 0.2) is 18.1 Å². The minimum absolute atomic E-state index is 0.0171. The second-order valence-corrected chi connectivity index (χ2v) is 11.9. The highest BCUT2D eigenvalue weighted by Gasteiger charge is 2.28. The number of aryl methyl sites for hydroxylation is 1. The summed E-state index contributed by atoms with van der Waals surface area (Å²) in [7, 11) is -1.25. The van der Waals surface area contributed by atoms with E-state index in [4.69, 9.17) is 25.8 Å². The second kappa shape index (κ2) is 15.1. The molecule has 0 aliphatic heterocycles. The van der Waals surface area contributed by atoms with Crippen LogP contribution in [0.15, 0.2) is 101 Å². The van der Waals surface area contributed by atoms with E-state index < -0.39 is 22.5 Å². The summed E-state index contributed by atoms with van der Waals surface area (Å²) in [6.45, 7) is 1.07. The quantitative estimate of drug-likeness (QED) is 0.153. The number of carbonyl (C=O) groups excluding carboxylic acids is 2. The second-order valence-electron chi connectivity index (χ2n) is 9.57. The van der Waals surface area contributed by atoms with Gasteiger partial charge in [0, 0.05) is 16.8 Å². The molecule has 4 aromatic carbocycles. The zero-order chi connectivity index (χ0) is 32.4. The van der Waals surface area contributed by atoms with Crippen molar-refractivity contribution in [3.05, 3.63) is 107 Å². The molecule has 0 saturated heterocycles. The molecule has 0 radical (unpaired) electrons. The smallest absolute Gasteiger partial charge is 0.264 e. The van der Waals surface area contributed by atoms with Crippen LogP contribution < -0.4 is 29.3 Å². The van der Waals surface area contributed by atoms with Gasteiger partial charge in [0.1, 0.15) is 12.3 Å². The van der Waals surface area contributed by atoms with Crippen LogP contribution in [0, 0.1) is 6.92 Å². The van der Waals surface area contributed by atoms with Gasteiger partial charge in [-0.05, 0) is 79.2 Å². The molecular weight excluding hydrogens is 620 g/mol. The van der Waals surface area contributed by atoms with Crippen molar-refractivity contribution in [3.8, 4) is 17.2 Å². The van der Waals surface area contributed by atoms with Gasteiger partial charge < -0.3 is 19.5 Å². The van der Waals surface area contributed by atoms with E-state index in [2.05, 4.69) is 15.8 Å². The Morgan fingerprint density at radius 1 is 0.889 bits per heavy atom. The van der Waals surface area contributed by atoms with E-state index in [0.717, 1.165) is 9.87 Å². The molecule has 45 heavy (non-hydrogen) atoms. The van der Waals surface area contributed by atoms with Gasteiger partial charge in [-0.1, -0.05) is 35.4 Å². The number of methoxy groups -OCH3 is 2. The molecule has 0 aliphatic rings. The summed E-state index contributed by atoms with van der Waals surface area (Å²) in [5, 5.41) is 7.17. The van der Waals surface area contributed by atoms with Crippen molar-refractivity contribution in [1.82, 2.24) is 5.43 Å². The first-order valence-electron chi connectivity index (χ1n) is 13.5. The number of rotatable bonds is 13. The van der Waals surface area contributed by atoms with Gasteiger partial charge in [-0.15, -0.1) is 0 Å². The molecule has 0 fully saturated rings. The minimum atomic E-state index is -4.15. The normalized spacial score (nSPS) is 11.1. The standard InChI is InChI=1S/C32H31ClN4O7S/c1-22-7-14-28(15-8-22)45(40,41)37(26-11-16-29(42-2)30(18-26)43-3)20-31(38)36-34-19-23-9-12-27(13-10-23)44-21-32(39)35-25-6-4-5-24(33)17-25/h4-19H,20-21H2,1-3H3,(H,35,39)(H,36,38)/b34-19-. The number of ether oxygens (including phenoxy) is 3. The Morgan fingerprint density at radius 2 is 1.60 bits per heavy atom. The predicted molar refractivity (Wildman–Crippen MR) is 173 cm³/mol.